The highest BCUT2D eigenvalue weighted by atomic mass is 15.2. The minimum Gasteiger partial charge on any atom is -0.277 e. The quantitative estimate of drug-likeness (QED) is 0.185. The van der Waals surface area contributed by atoms with Gasteiger partial charge in [0.15, 0.2) is 11.6 Å². The van der Waals surface area contributed by atoms with Crippen molar-refractivity contribution in [3.05, 3.63) is 181 Å². The summed E-state index contributed by atoms with van der Waals surface area (Å²) >= 11 is 0. The van der Waals surface area contributed by atoms with Gasteiger partial charge in [-0.05, 0) is 67.7 Å². The number of nitrogens with zero attached hydrogens (tertiary/aromatic N) is 4. The molecular weight excluding hydrogens is 657 g/mol. The molecule has 0 aliphatic heterocycles. The van der Waals surface area contributed by atoms with Gasteiger partial charge in [-0.15, -0.1) is 0 Å². The van der Waals surface area contributed by atoms with Crippen LogP contribution in [0.3, 0.4) is 0 Å². The molecule has 11 rings (SSSR count). The molecule has 4 nitrogen and oxygen atoms in total. The molecule has 0 atom stereocenters. The predicted molar refractivity (Wildman–Crippen MR) is 223 cm³/mol. The first-order valence-corrected chi connectivity index (χ1v) is 18.5. The van der Waals surface area contributed by atoms with Crippen LogP contribution in [-0.4, -0.2) is 19.5 Å². The molecule has 2 aromatic heterocycles. The van der Waals surface area contributed by atoms with Crippen molar-refractivity contribution in [3.63, 3.8) is 0 Å². The Labute approximate surface area is 313 Å². The van der Waals surface area contributed by atoms with Gasteiger partial charge in [-0.25, -0.2) is 4.98 Å². The molecule has 0 radical (unpaired) electrons. The molecule has 1 aliphatic carbocycles. The minimum absolute atomic E-state index is 0.159. The van der Waals surface area contributed by atoms with E-state index in [1.807, 2.05) is 36.4 Å². The van der Waals surface area contributed by atoms with Crippen LogP contribution in [0.25, 0.3) is 94.3 Å². The lowest BCUT2D eigenvalue weighted by molar-refractivity contribution is 0.666. The van der Waals surface area contributed by atoms with Gasteiger partial charge in [0.2, 0.25) is 5.95 Å². The molecule has 4 heteroatoms. The van der Waals surface area contributed by atoms with Crippen LogP contribution in [0.15, 0.2) is 170 Å². The van der Waals surface area contributed by atoms with Gasteiger partial charge in [-0.3, -0.25) is 4.57 Å². The Morgan fingerprint density at radius 3 is 1.78 bits per heavy atom. The van der Waals surface area contributed by atoms with Gasteiger partial charge in [0.25, 0.3) is 0 Å². The molecule has 0 fully saturated rings. The molecule has 0 N–H and O–H groups in total. The molecule has 1 aliphatic rings. The summed E-state index contributed by atoms with van der Waals surface area (Å²) in [6.07, 6.45) is 0. The molecule has 2 heterocycles. The Hall–Kier alpha value is -6.91. The van der Waals surface area contributed by atoms with E-state index in [-0.39, 0.29) is 5.41 Å². The maximum Gasteiger partial charge on any atom is 0.238 e. The highest BCUT2D eigenvalue weighted by Crippen LogP contribution is 2.52. The van der Waals surface area contributed by atoms with Crippen LogP contribution in [0.1, 0.15) is 25.0 Å². The molecular formula is C50H34N4. The smallest absolute Gasteiger partial charge is 0.238 e. The molecule has 0 saturated carbocycles. The van der Waals surface area contributed by atoms with Crippen molar-refractivity contribution in [1.82, 2.24) is 19.5 Å². The summed E-state index contributed by atoms with van der Waals surface area (Å²) < 4.78 is 2.28. The summed E-state index contributed by atoms with van der Waals surface area (Å²) in [7, 11) is 0. The molecule has 0 bridgehead atoms. The average molecular weight is 691 g/mol. The number of aromatic nitrogens is 4. The standard InChI is InChI=1S/C50H34N4/c1-50(2)43-20-12-11-19-37(43)38-24-26-40-39(45(38)50)25-27-41-42-30-36(35-22-21-31-13-9-10-18-34(31)29-35)23-28-44(42)54(46(40)41)49-52-47(32-14-5-3-6-15-32)51-48(53-49)33-16-7-4-8-17-33/h3-30H,1-2H3. The summed E-state index contributed by atoms with van der Waals surface area (Å²) in [6, 6.07) is 60.7. The molecule has 0 unspecified atom stereocenters. The van der Waals surface area contributed by atoms with E-state index < -0.39 is 0 Å². The molecule has 54 heavy (non-hydrogen) atoms. The third-order valence-electron chi connectivity index (χ3n) is 11.4. The van der Waals surface area contributed by atoms with E-state index >= 15 is 0 Å². The lowest BCUT2D eigenvalue weighted by atomic mass is 9.80. The molecule has 8 aromatic carbocycles. The Morgan fingerprint density at radius 1 is 0.426 bits per heavy atom. The van der Waals surface area contributed by atoms with Crippen molar-refractivity contribution in [3.8, 4) is 51.0 Å². The second-order valence-electron chi connectivity index (χ2n) is 14.9. The van der Waals surface area contributed by atoms with Crippen LogP contribution in [-0.2, 0) is 5.41 Å². The van der Waals surface area contributed by atoms with Crippen LogP contribution in [0, 0.1) is 0 Å². The Balaban J connectivity index is 1.24. The van der Waals surface area contributed by atoms with Crippen LogP contribution >= 0.6 is 0 Å². The fourth-order valence-corrected chi connectivity index (χ4v) is 8.86. The summed E-state index contributed by atoms with van der Waals surface area (Å²) in [5.74, 6) is 1.87. The SMILES string of the molecule is CC1(C)c2ccccc2-c2ccc3c(ccc4c5cc(-c6ccc7ccccc7c6)ccc5n(-c5nc(-c6ccccc6)nc(-c6ccccc6)n5)c34)c21. The maximum absolute atomic E-state index is 5.27. The van der Waals surface area contributed by atoms with Gasteiger partial charge in [-0.2, -0.15) is 9.97 Å². The number of benzene rings is 8. The zero-order chi connectivity index (χ0) is 36.0. The number of rotatable bonds is 4. The molecule has 10 aromatic rings. The average Bonchev–Trinajstić information content (AvgIpc) is 3.69. The van der Waals surface area contributed by atoms with Crippen molar-refractivity contribution in [2.24, 2.45) is 0 Å². The van der Waals surface area contributed by atoms with E-state index in [0.29, 0.717) is 17.6 Å². The maximum atomic E-state index is 5.27. The number of fused-ring (bicyclic) bond motifs is 10. The molecule has 254 valence electrons. The first kappa shape index (κ1) is 30.7. The van der Waals surface area contributed by atoms with Gasteiger partial charge in [0.05, 0.1) is 11.0 Å². The minimum atomic E-state index is -0.159. The van der Waals surface area contributed by atoms with Gasteiger partial charge in [0.1, 0.15) is 0 Å². The van der Waals surface area contributed by atoms with Crippen molar-refractivity contribution in [2.75, 3.05) is 0 Å². The second-order valence-corrected chi connectivity index (χ2v) is 14.9. The van der Waals surface area contributed by atoms with E-state index in [4.69, 9.17) is 15.0 Å². The lowest BCUT2D eigenvalue weighted by Gasteiger charge is -2.23. The predicted octanol–water partition coefficient (Wildman–Crippen LogP) is 12.6. The van der Waals surface area contributed by atoms with E-state index in [1.165, 1.54) is 54.9 Å². The zero-order valence-corrected chi connectivity index (χ0v) is 30.0. The van der Waals surface area contributed by atoms with Crippen molar-refractivity contribution in [2.45, 2.75) is 19.3 Å². The summed E-state index contributed by atoms with van der Waals surface area (Å²) in [6.45, 7) is 4.72. The fourth-order valence-electron chi connectivity index (χ4n) is 8.86. The normalized spacial score (nSPS) is 13.1. The van der Waals surface area contributed by atoms with Crippen LogP contribution in [0.4, 0.5) is 0 Å². The summed E-state index contributed by atoms with van der Waals surface area (Å²) in [4.78, 5) is 15.6. The van der Waals surface area contributed by atoms with E-state index in [0.717, 1.165) is 32.9 Å². The van der Waals surface area contributed by atoms with E-state index in [2.05, 4.69) is 152 Å². The lowest BCUT2D eigenvalue weighted by Crippen LogP contribution is -2.15. The molecule has 0 saturated heterocycles. The molecule has 0 spiro atoms. The Kier molecular flexibility index (Phi) is 6.56. The fraction of sp³-hybridized carbons (Fsp3) is 0.0600. The second kappa shape index (κ2) is 11.5. The van der Waals surface area contributed by atoms with Crippen LogP contribution in [0.2, 0.25) is 0 Å². The monoisotopic (exact) mass is 690 g/mol. The van der Waals surface area contributed by atoms with Gasteiger partial charge in [-0.1, -0.05) is 166 Å². The van der Waals surface area contributed by atoms with Gasteiger partial charge < -0.3 is 0 Å². The number of hydrogen-bond acceptors (Lipinski definition) is 3. The van der Waals surface area contributed by atoms with Gasteiger partial charge in [0, 0.05) is 32.7 Å². The largest absolute Gasteiger partial charge is 0.277 e. The van der Waals surface area contributed by atoms with Crippen molar-refractivity contribution >= 4 is 43.4 Å². The van der Waals surface area contributed by atoms with E-state index in [1.54, 1.807) is 0 Å². The number of hydrogen-bond donors (Lipinski definition) is 0. The Bertz CT molecular complexity index is 3060. The molecule has 0 amide bonds. The third kappa shape index (κ3) is 4.53. The van der Waals surface area contributed by atoms with Gasteiger partial charge >= 0.3 is 0 Å². The Morgan fingerprint density at radius 2 is 1.02 bits per heavy atom. The van der Waals surface area contributed by atoms with Crippen LogP contribution in [0.5, 0.6) is 0 Å². The first-order chi connectivity index (χ1) is 26.5. The third-order valence-corrected chi connectivity index (χ3v) is 11.4. The zero-order valence-electron chi connectivity index (χ0n) is 30.0. The van der Waals surface area contributed by atoms with Crippen LogP contribution < -0.4 is 0 Å². The highest BCUT2D eigenvalue weighted by molar-refractivity contribution is 6.20. The summed E-state index contributed by atoms with van der Waals surface area (Å²) in [5, 5.41) is 7.22. The van der Waals surface area contributed by atoms with Crippen molar-refractivity contribution in [1.29, 1.82) is 0 Å². The topological polar surface area (TPSA) is 43.6 Å². The highest BCUT2D eigenvalue weighted by Gasteiger charge is 2.37. The van der Waals surface area contributed by atoms with Crippen molar-refractivity contribution < 1.29 is 0 Å². The van der Waals surface area contributed by atoms with E-state index in [9.17, 15) is 0 Å². The first-order valence-electron chi connectivity index (χ1n) is 18.5. The summed E-state index contributed by atoms with van der Waals surface area (Å²) in [5.41, 5.74) is 11.6.